The van der Waals surface area contributed by atoms with Gasteiger partial charge in [0.25, 0.3) is 0 Å². The number of hydrogen-bond donors (Lipinski definition) is 0. The molecule has 0 spiro atoms. The average Bonchev–Trinajstić information content (AvgIpc) is 2.45. The Morgan fingerprint density at radius 3 is 2.48 bits per heavy atom. The van der Waals surface area contributed by atoms with Crippen LogP contribution in [-0.2, 0) is 30.4 Å². The zero-order valence-electron chi connectivity index (χ0n) is 12.3. The normalized spacial score (nSPS) is 18.3. The van der Waals surface area contributed by atoms with Gasteiger partial charge in [0, 0.05) is 5.41 Å². The van der Waals surface area contributed by atoms with Crippen molar-refractivity contribution < 1.29 is 23.8 Å². The minimum absolute atomic E-state index is 0.0903. The summed E-state index contributed by atoms with van der Waals surface area (Å²) in [6.45, 7) is 5.71. The number of benzene rings is 1. The second-order valence-corrected chi connectivity index (χ2v) is 5.83. The fourth-order valence-electron chi connectivity index (χ4n) is 1.68. The van der Waals surface area contributed by atoms with Crippen molar-refractivity contribution in [1.82, 2.24) is 0 Å². The van der Waals surface area contributed by atoms with Gasteiger partial charge in [-0.2, -0.15) is 0 Å². The van der Waals surface area contributed by atoms with Crippen molar-refractivity contribution in [3.8, 4) is 0 Å². The second kappa shape index (κ2) is 5.99. The standard InChI is InChI=1S/C16H18O5/c1-16(2,3)15-20-10-12(14(18)21-15)13(17)19-9-11-7-5-4-6-8-11/h4-8,10,15H,9H2,1-3H3. The number of hydrogen-bond acceptors (Lipinski definition) is 5. The summed E-state index contributed by atoms with van der Waals surface area (Å²) in [5, 5.41) is 0. The molecule has 1 unspecified atom stereocenters. The quantitative estimate of drug-likeness (QED) is 0.632. The van der Waals surface area contributed by atoms with Crippen LogP contribution in [0.25, 0.3) is 0 Å². The van der Waals surface area contributed by atoms with Crippen molar-refractivity contribution in [2.45, 2.75) is 33.7 Å². The maximum Gasteiger partial charge on any atom is 0.351 e. The van der Waals surface area contributed by atoms with Crippen LogP contribution in [0.2, 0.25) is 0 Å². The van der Waals surface area contributed by atoms with Crippen LogP contribution in [0.1, 0.15) is 26.3 Å². The molecule has 1 aromatic carbocycles. The number of carbonyl (C=O) groups is 2. The summed E-state index contributed by atoms with van der Waals surface area (Å²) in [7, 11) is 0. The number of rotatable bonds is 3. The highest BCUT2D eigenvalue weighted by Gasteiger charge is 2.36. The van der Waals surface area contributed by atoms with Gasteiger partial charge in [-0.1, -0.05) is 51.1 Å². The third-order valence-corrected chi connectivity index (χ3v) is 2.88. The van der Waals surface area contributed by atoms with Crippen LogP contribution in [0.4, 0.5) is 0 Å². The lowest BCUT2D eigenvalue weighted by Gasteiger charge is -2.31. The van der Waals surface area contributed by atoms with Gasteiger partial charge in [-0.15, -0.1) is 0 Å². The van der Waals surface area contributed by atoms with Crippen molar-refractivity contribution in [1.29, 1.82) is 0 Å². The molecule has 1 aliphatic heterocycles. The summed E-state index contributed by atoms with van der Waals surface area (Å²) < 4.78 is 15.5. The Hall–Kier alpha value is -2.30. The van der Waals surface area contributed by atoms with Gasteiger partial charge in [-0.05, 0) is 5.56 Å². The number of esters is 2. The van der Waals surface area contributed by atoms with Gasteiger partial charge in [0.2, 0.25) is 6.29 Å². The number of cyclic esters (lactones) is 1. The van der Waals surface area contributed by atoms with Crippen molar-refractivity contribution in [2.24, 2.45) is 5.41 Å². The van der Waals surface area contributed by atoms with Crippen LogP contribution < -0.4 is 0 Å². The SMILES string of the molecule is CC(C)(C)C1OC=C(C(=O)OCc2ccccc2)C(=O)O1. The van der Waals surface area contributed by atoms with Crippen LogP contribution in [0.15, 0.2) is 42.2 Å². The number of carbonyl (C=O) groups excluding carboxylic acids is 2. The lowest BCUT2D eigenvalue weighted by Crippen LogP contribution is -2.37. The van der Waals surface area contributed by atoms with Crippen LogP contribution in [0, 0.1) is 5.41 Å². The minimum atomic E-state index is -0.754. The van der Waals surface area contributed by atoms with Gasteiger partial charge in [-0.3, -0.25) is 0 Å². The van der Waals surface area contributed by atoms with Gasteiger partial charge in [0.1, 0.15) is 12.9 Å². The van der Waals surface area contributed by atoms with Gasteiger partial charge in [0.05, 0.1) is 0 Å². The smallest absolute Gasteiger partial charge is 0.351 e. The van der Waals surface area contributed by atoms with Crippen LogP contribution in [0.3, 0.4) is 0 Å². The molecule has 1 aromatic rings. The van der Waals surface area contributed by atoms with Crippen molar-refractivity contribution >= 4 is 11.9 Å². The zero-order valence-corrected chi connectivity index (χ0v) is 12.3. The number of ether oxygens (including phenoxy) is 3. The Balaban J connectivity index is 1.97. The van der Waals surface area contributed by atoms with E-state index in [1.54, 1.807) is 0 Å². The Labute approximate surface area is 123 Å². The Morgan fingerprint density at radius 2 is 1.90 bits per heavy atom. The van der Waals surface area contributed by atoms with Gasteiger partial charge >= 0.3 is 11.9 Å². The highest BCUT2D eigenvalue weighted by Crippen LogP contribution is 2.27. The van der Waals surface area contributed by atoms with Gasteiger partial charge in [-0.25, -0.2) is 9.59 Å². The summed E-state index contributed by atoms with van der Waals surface area (Å²) in [5.41, 5.74) is 0.238. The molecule has 5 heteroatoms. The van der Waals surface area contributed by atoms with Crippen LogP contribution in [0.5, 0.6) is 0 Å². The Bertz CT molecular complexity index is 554. The summed E-state index contributed by atoms with van der Waals surface area (Å²) in [6.07, 6.45) is 0.408. The van der Waals surface area contributed by atoms with Crippen LogP contribution >= 0.6 is 0 Å². The van der Waals surface area contributed by atoms with Crippen molar-refractivity contribution in [3.05, 3.63) is 47.7 Å². The third-order valence-electron chi connectivity index (χ3n) is 2.88. The molecule has 1 heterocycles. The van der Waals surface area contributed by atoms with Crippen LogP contribution in [-0.4, -0.2) is 18.2 Å². The largest absolute Gasteiger partial charge is 0.461 e. The zero-order chi connectivity index (χ0) is 15.5. The molecule has 0 aromatic heterocycles. The first kappa shape index (κ1) is 15.1. The lowest BCUT2D eigenvalue weighted by molar-refractivity contribution is -0.193. The molecule has 112 valence electrons. The molecular weight excluding hydrogens is 272 g/mol. The molecule has 0 bridgehead atoms. The van der Waals surface area contributed by atoms with E-state index in [0.29, 0.717) is 0 Å². The van der Waals surface area contributed by atoms with Crippen molar-refractivity contribution in [3.63, 3.8) is 0 Å². The van der Waals surface area contributed by atoms with Gasteiger partial charge < -0.3 is 14.2 Å². The molecule has 0 radical (unpaired) electrons. The van der Waals surface area contributed by atoms with E-state index in [2.05, 4.69) is 0 Å². The molecule has 21 heavy (non-hydrogen) atoms. The highest BCUT2D eigenvalue weighted by atomic mass is 16.7. The van der Waals surface area contributed by atoms with E-state index < -0.39 is 18.2 Å². The first-order chi connectivity index (χ1) is 9.88. The molecule has 0 saturated heterocycles. The predicted octanol–water partition coefficient (Wildman–Crippen LogP) is 2.56. The van der Waals surface area contributed by atoms with Gasteiger partial charge in [0.15, 0.2) is 5.57 Å². The minimum Gasteiger partial charge on any atom is -0.461 e. The Morgan fingerprint density at radius 1 is 1.24 bits per heavy atom. The molecule has 0 saturated carbocycles. The van der Waals surface area contributed by atoms with E-state index in [4.69, 9.17) is 14.2 Å². The molecule has 0 fully saturated rings. The predicted molar refractivity (Wildman–Crippen MR) is 74.7 cm³/mol. The molecule has 0 N–H and O–H groups in total. The van der Waals surface area contributed by atoms with E-state index in [1.807, 2.05) is 51.1 Å². The molecule has 1 aliphatic rings. The fourth-order valence-corrected chi connectivity index (χ4v) is 1.68. The highest BCUT2D eigenvalue weighted by molar-refractivity contribution is 6.14. The third kappa shape index (κ3) is 3.84. The maximum atomic E-state index is 11.9. The fraction of sp³-hybridized carbons (Fsp3) is 0.375. The Kier molecular flexibility index (Phi) is 4.31. The molecule has 5 nitrogen and oxygen atoms in total. The second-order valence-electron chi connectivity index (χ2n) is 5.83. The topological polar surface area (TPSA) is 61.8 Å². The summed E-state index contributed by atoms with van der Waals surface area (Å²) in [4.78, 5) is 23.7. The first-order valence-electron chi connectivity index (χ1n) is 6.65. The van der Waals surface area contributed by atoms with E-state index in [9.17, 15) is 9.59 Å². The molecule has 0 amide bonds. The summed E-state index contributed by atoms with van der Waals surface area (Å²) >= 11 is 0. The molecule has 1 atom stereocenters. The summed E-state index contributed by atoms with van der Waals surface area (Å²) in [6, 6.07) is 9.20. The van der Waals surface area contributed by atoms with E-state index >= 15 is 0 Å². The summed E-state index contributed by atoms with van der Waals surface area (Å²) in [5.74, 6) is -1.48. The lowest BCUT2D eigenvalue weighted by atomic mass is 9.95. The molecule has 2 rings (SSSR count). The molecule has 0 aliphatic carbocycles. The average molecular weight is 290 g/mol. The first-order valence-corrected chi connectivity index (χ1v) is 6.65. The van der Waals surface area contributed by atoms with E-state index in [1.165, 1.54) is 0 Å². The van der Waals surface area contributed by atoms with E-state index in [0.717, 1.165) is 11.8 Å². The van der Waals surface area contributed by atoms with E-state index in [-0.39, 0.29) is 17.6 Å². The van der Waals surface area contributed by atoms with Crippen molar-refractivity contribution in [2.75, 3.05) is 0 Å². The molecular formula is C16H18O5. The monoisotopic (exact) mass is 290 g/mol. The maximum absolute atomic E-state index is 11.9.